The monoisotopic (exact) mass is 214 g/mol. The van der Waals surface area contributed by atoms with E-state index in [4.69, 9.17) is 5.73 Å². The molecule has 4 N–H and O–H groups in total. The predicted octanol–water partition coefficient (Wildman–Crippen LogP) is 1.30. The molecule has 2 aromatic heterocycles. The first-order chi connectivity index (χ1) is 7.66. The van der Waals surface area contributed by atoms with Gasteiger partial charge in [0.15, 0.2) is 0 Å². The molecule has 0 unspecified atom stereocenters. The van der Waals surface area contributed by atoms with Crippen molar-refractivity contribution in [1.82, 2.24) is 15.2 Å². The van der Waals surface area contributed by atoms with Gasteiger partial charge in [-0.05, 0) is 24.6 Å². The largest absolute Gasteiger partial charge is 0.399 e. The van der Waals surface area contributed by atoms with Crippen molar-refractivity contribution in [2.45, 2.75) is 6.92 Å². The van der Waals surface area contributed by atoms with E-state index in [0.29, 0.717) is 11.1 Å². The standard InChI is InChI=1S/C11H10N4O/c1-5-2-6(12)3-7-9(5)13-4-8-10(7)14-15-11(8)16/h2-4H,12H2,1H3,(H2,14,15,16). The summed E-state index contributed by atoms with van der Waals surface area (Å²) in [6, 6.07) is 3.69. The third-order valence-electron chi connectivity index (χ3n) is 2.73. The minimum absolute atomic E-state index is 0.163. The van der Waals surface area contributed by atoms with Gasteiger partial charge in [0.25, 0.3) is 5.56 Å². The van der Waals surface area contributed by atoms with Crippen molar-refractivity contribution in [1.29, 1.82) is 0 Å². The van der Waals surface area contributed by atoms with Crippen molar-refractivity contribution in [3.63, 3.8) is 0 Å². The van der Waals surface area contributed by atoms with Gasteiger partial charge in [-0.1, -0.05) is 0 Å². The summed E-state index contributed by atoms with van der Waals surface area (Å²) in [5.41, 5.74) is 8.91. The van der Waals surface area contributed by atoms with Crippen LogP contribution in [-0.2, 0) is 0 Å². The number of hydrogen-bond donors (Lipinski definition) is 3. The number of pyridine rings is 1. The van der Waals surface area contributed by atoms with Crippen LogP contribution in [0.25, 0.3) is 21.8 Å². The van der Waals surface area contributed by atoms with Crippen LogP contribution in [0.4, 0.5) is 5.69 Å². The highest BCUT2D eigenvalue weighted by Crippen LogP contribution is 2.24. The van der Waals surface area contributed by atoms with Gasteiger partial charge in [-0.25, -0.2) is 0 Å². The van der Waals surface area contributed by atoms with Gasteiger partial charge in [0.2, 0.25) is 0 Å². The quantitative estimate of drug-likeness (QED) is 0.493. The predicted molar refractivity (Wildman–Crippen MR) is 63.4 cm³/mol. The van der Waals surface area contributed by atoms with E-state index in [9.17, 15) is 4.79 Å². The Hall–Kier alpha value is -2.30. The molecule has 0 fully saturated rings. The third-order valence-corrected chi connectivity index (χ3v) is 2.73. The summed E-state index contributed by atoms with van der Waals surface area (Å²) in [5, 5.41) is 6.82. The highest BCUT2D eigenvalue weighted by molar-refractivity contribution is 6.04. The maximum atomic E-state index is 11.4. The fourth-order valence-corrected chi connectivity index (χ4v) is 2.00. The van der Waals surface area contributed by atoms with Crippen LogP contribution in [0.5, 0.6) is 0 Å². The van der Waals surface area contributed by atoms with Crippen molar-refractivity contribution < 1.29 is 0 Å². The lowest BCUT2D eigenvalue weighted by Crippen LogP contribution is -1.98. The van der Waals surface area contributed by atoms with Crippen molar-refractivity contribution in [2.75, 3.05) is 5.73 Å². The van der Waals surface area contributed by atoms with Gasteiger partial charge in [0.05, 0.1) is 16.4 Å². The van der Waals surface area contributed by atoms with Gasteiger partial charge >= 0.3 is 0 Å². The Bertz CT molecular complexity index is 754. The molecule has 3 rings (SSSR count). The number of benzene rings is 1. The number of nitrogen functional groups attached to an aromatic ring is 1. The lowest BCUT2D eigenvalue weighted by atomic mass is 10.1. The molecule has 0 bridgehead atoms. The normalized spacial score (nSPS) is 11.3. The molecule has 0 spiro atoms. The molecule has 0 saturated heterocycles. The van der Waals surface area contributed by atoms with Crippen molar-refractivity contribution in [3.05, 3.63) is 34.2 Å². The van der Waals surface area contributed by atoms with E-state index in [-0.39, 0.29) is 5.56 Å². The number of nitrogens with zero attached hydrogens (tertiary/aromatic N) is 1. The van der Waals surface area contributed by atoms with Crippen LogP contribution in [-0.4, -0.2) is 15.2 Å². The highest BCUT2D eigenvalue weighted by Gasteiger charge is 2.08. The van der Waals surface area contributed by atoms with Gasteiger partial charge in [-0.15, -0.1) is 0 Å². The van der Waals surface area contributed by atoms with E-state index in [1.807, 2.05) is 19.1 Å². The summed E-state index contributed by atoms with van der Waals surface area (Å²) >= 11 is 0. The molecule has 5 heteroatoms. The summed E-state index contributed by atoms with van der Waals surface area (Å²) in [7, 11) is 0. The number of hydrogen-bond acceptors (Lipinski definition) is 3. The van der Waals surface area contributed by atoms with Crippen LogP contribution in [0.15, 0.2) is 23.1 Å². The number of rotatable bonds is 0. The van der Waals surface area contributed by atoms with E-state index in [0.717, 1.165) is 22.0 Å². The van der Waals surface area contributed by atoms with Crippen LogP contribution in [0.1, 0.15) is 5.56 Å². The van der Waals surface area contributed by atoms with Gasteiger partial charge < -0.3 is 5.73 Å². The molecule has 2 heterocycles. The van der Waals surface area contributed by atoms with E-state index < -0.39 is 0 Å². The fourth-order valence-electron chi connectivity index (χ4n) is 2.00. The van der Waals surface area contributed by atoms with E-state index in [1.54, 1.807) is 6.20 Å². The van der Waals surface area contributed by atoms with Gasteiger partial charge in [-0.2, -0.15) is 0 Å². The van der Waals surface area contributed by atoms with Crippen molar-refractivity contribution in [2.24, 2.45) is 0 Å². The number of aromatic amines is 2. The Kier molecular flexibility index (Phi) is 1.60. The maximum absolute atomic E-state index is 11.4. The van der Waals surface area contributed by atoms with Crippen molar-refractivity contribution >= 4 is 27.5 Å². The topological polar surface area (TPSA) is 87.6 Å². The Morgan fingerprint density at radius 2 is 2.06 bits per heavy atom. The molecule has 16 heavy (non-hydrogen) atoms. The number of H-pyrrole nitrogens is 2. The smallest absolute Gasteiger partial charge is 0.273 e. The lowest BCUT2D eigenvalue weighted by Gasteiger charge is -2.03. The third kappa shape index (κ3) is 1.05. The molecule has 80 valence electrons. The van der Waals surface area contributed by atoms with Crippen LogP contribution in [0.3, 0.4) is 0 Å². The van der Waals surface area contributed by atoms with E-state index in [1.165, 1.54) is 0 Å². The van der Waals surface area contributed by atoms with Crippen LogP contribution < -0.4 is 11.3 Å². The highest BCUT2D eigenvalue weighted by atomic mass is 16.1. The molecule has 0 aliphatic rings. The van der Waals surface area contributed by atoms with Gasteiger partial charge in [0, 0.05) is 17.3 Å². The zero-order valence-electron chi connectivity index (χ0n) is 8.66. The molecular formula is C11H10N4O. The van der Waals surface area contributed by atoms with E-state index in [2.05, 4.69) is 15.2 Å². The number of nitrogens with two attached hydrogens (primary N) is 1. The number of anilines is 1. The molecule has 5 nitrogen and oxygen atoms in total. The van der Waals surface area contributed by atoms with Gasteiger partial charge in [-0.3, -0.25) is 20.0 Å². The molecule has 0 atom stereocenters. The number of fused-ring (bicyclic) bond motifs is 3. The fraction of sp³-hybridized carbons (Fsp3) is 0.0909. The summed E-state index contributed by atoms with van der Waals surface area (Å²) in [4.78, 5) is 15.7. The molecule has 0 amide bonds. The first kappa shape index (κ1) is 8.96. The minimum atomic E-state index is -0.163. The summed E-state index contributed by atoms with van der Waals surface area (Å²) in [5.74, 6) is 0. The Balaban J connectivity index is 2.65. The number of nitrogens with one attached hydrogen (secondary N) is 2. The summed E-state index contributed by atoms with van der Waals surface area (Å²) < 4.78 is 0. The SMILES string of the molecule is Cc1cc(N)cc2c1ncc1c(=O)[nH][nH]c12. The van der Waals surface area contributed by atoms with Crippen LogP contribution in [0, 0.1) is 6.92 Å². The van der Waals surface area contributed by atoms with Crippen LogP contribution in [0.2, 0.25) is 0 Å². The zero-order valence-corrected chi connectivity index (χ0v) is 8.66. The Morgan fingerprint density at radius 3 is 2.88 bits per heavy atom. The molecule has 0 aliphatic heterocycles. The average Bonchev–Trinajstić information content (AvgIpc) is 2.60. The molecule has 0 saturated carbocycles. The van der Waals surface area contributed by atoms with Gasteiger partial charge in [0.1, 0.15) is 0 Å². The van der Waals surface area contributed by atoms with Crippen LogP contribution >= 0.6 is 0 Å². The Morgan fingerprint density at radius 1 is 1.25 bits per heavy atom. The Labute approximate surface area is 90.3 Å². The molecular weight excluding hydrogens is 204 g/mol. The molecule has 0 radical (unpaired) electrons. The second-order valence-corrected chi connectivity index (χ2v) is 3.86. The zero-order chi connectivity index (χ0) is 11.3. The molecule has 3 aromatic rings. The lowest BCUT2D eigenvalue weighted by molar-refractivity contribution is 1.08. The van der Waals surface area contributed by atoms with E-state index >= 15 is 0 Å². The van der Waals surface area contributed by atoms with Crippen molar-refractivity contribution in [3.8, 4) is 0 Å². The maximum Gasteiger partial charge on any atom is 0.273 e. The minimum Gasteiger partial charge on any atom is -0.399 e. The second kappa shape index (κ2) is 2.85. The first-order valence-electron chi connectivity index (χ1n) is 4.92. The molecule has 1 aromatic carbocycles. The number of aryl methyl sites for hydroxylation is 1. The summed E-state index contributed by atoms with van der Waals surface area (Å²) in [6.45, 7) is 1.95. The summed E-state index contributed by atoms with van der Waals surface area (Å²) in [6.07, 6.45) is 1.58. The second-order valence-electron chi connectivity index (χ2n) is 3.86. The average molecular weight is 214 g/mol. The number of aromatic nitrogens is 3. The first-order valence-corrected chi connectivity index (χ1v) is 4.92. The molecule has 0 aliphatic carbocycles.